The van der Waals surface area contributed by atoms with E-state index in [9.17, 15) is 14.4 Å². The minimum Gasteiger partial charge on any atom is -0.482 e. The summed E-state index contributed by atoms with van der Waals surface area (Å²) >= 11 is 4.48. The van der Waals surface area contributed by atoms with Crippen LogP contribution in [-0.4, -0.2) is 54.5 Å². The number of ether oxygens (including phenoxy) is 7. The number of hydrogen-bond donors (Lipinski definition) is 0. The van der Waals surface area contributed by atoms with Crippen molar-refractivity contribution in [2.45, 2.75) is 85.0 Å². The number of esters is 3. The van der Waals surface area contributed by atoms with Gasteiger partial charge in [0, 0.05) is 17.0 Å². The predicted octanol–water partition coefficient (Wildman–Crippen LogP) is 10.6. The molecular formula is C45H46I2O10. The normalized spacial score (nSPS) is 13.0. The zero-order valence-electron chi connectivity index (χ0n) is 33.5. The third-order valence-electron chi connectivity index (χ3n) is 8.45. The first-order chi connectivity index (χ1) is 26.6. The molecule has 300 valence electrons. The van der Waals surface area contributed by atoms with E-state index >= 15 is 0 Å². The van der Waals surface area contributed by atoms with E-state index in [1.807, 2.05) is 123 Å². The molecule has 0 fully saturated rings. The van der Waals surface area contributed by atoms with Gasteiger partial charge >= 0.3 is 17.9 Å². The van der Waals surface area contributed by atoms with Crippen LogP contribution in [-0.2, 0) is 28.6 Å². The van der Waals surface area contributed by atoms with Gasteiger partial charge in [-0.3, -0.25) is 0 Å². The smallest absolute Gasteiger partial charge is 0.344 e. The molecule has 10 nitrogen and oxygen atoms in total. The highest BCUT2D eigenvalue weighted by atomic mass is 127. The number of fused-ring (bicyclic) bond motifs is 6. The largest absolute Gasteiger partial charge is 0.482 e. The van der Waals surface area contributed by atoms with Gasteiger partial charge in [-0.05, 0) is 183 Å². The van der Waals surface area contributed by atoms with Crippen molar-refractivity contribution in [3.05, 3.63) is 96.6 Å². The molecule has 6 rings (SSSR count). The summed E-state index contributed by atoms with van der Waals surface area (Å²) in [6.07, 6.45) is 0. The number of halogens is 2. The predicted molar refractivity (Wildman–Crippen MR) is 235 cm³/mol. The van der Waals surface area contributed by atoms with Gasteiger partial charge in [-0.15, -0.1) is 0 Å². The van der Waals surface area contributed by atoms with Crippen LogP contribution in [0.3, 0.4) is 0 Å². The number of carbonyl (C=O) groups excluding carboxylic acids is 3. The van der Waals surface area contributed by atoms with E-state index in [2.05, 4.69) is 57.3 Å². The summed E-state index contributed by atoms with van der Waals surface area (Å²) in [6, 6.07) is 23.5. The average molecular weight is 1000 g/mol. The van der Waals surface area contributed by atoms with Gasteiger partial charge < -0.3 is 33.2 Å². The molecule has 57 heavy (non-hydrogen) atoms. The molecule has 5 aromatic carbocycles. The number of carbonyl (C=O) groups is 3. The summed E-state index contributed by atoms with van der Waals surface area (Å²) in [5, 5.41) is 3.63. The molecule has 0 saturated heterocycles. The highest BCUT2D eigenvalue weighted by molar-refractivity contribution is 14.1. The Morgan fingerprint density at radius 3 is 1.30 bits per heavy atom. The minimum absolute atomic E-state index is 0.237. The van der Waals surface area contributed by atoms with Crippen molar-refractivity contribution < 1.29 is 47.5 Å². The fourth-order valence-electron chi connectivity index (χ4n) is 6.57. The molecule has 0 aromatic heterocycles. The number of rotatable bonds is 10. The zero-order chi connectivity index (χ0) is 41.4. The molecule has 0 radical (unpaired) electrons. The van der Waals surface area contributed by atoms with Gasteiger partial charge in [0.1, 0.15) is 45.6 Å². The summed E-state index contributed by atoms with van der Waals surface area (Å²) in [7, 11) is 0. The fourth-order valence-corrected chi connectivity index (χ4v) is 8.69. The second kappa shape index (κ2) is 16.5. The van der Waals surface area contributed by atoms with Crippen molar-refractivity contribution in [3.63, 3.8) is 0 Å². The maximum atomic E-state index is 12.6. The number of hydrogen-bond acceptors (Lipinski definition) is 10. The van der Waals surface area contributed by atoms with Crippen molar-refractivity contribution >= 4 is 84.6 Å². The maximum absolute atomic E-state index is 12.6. The Morgan fingerprint density at radius 2 is 0.912 bits per heavy atom. The second-order valence-electron chi connectivity index (χ2n) is 16.7. The standard InChI is InChI=1S/C45H46I2O10/c1-43(2,3)55-36(48)22-51-28-14-10-25-12-16-34-40(30(25)20-28)39(27-18-32(46)42(33(47)19-27)53-24-38(50)57-45(7,8)9)41-31-21-29(52-23-37(49)56-44(4,5)6)15-11-26(31)13-17-35(41)54-34/h10-21,39H,22-24H2,1-9H3. The van der Waals surface area contributed by atoms with Gasteiger partial charge in [-0.1, -0.05) is 24.3 Å². The van der Waals surface area contributed by atoms with Crippen LogP contribution in [0.15, 0.2) is 72.8 Å². The van der Waals surface area contributed by atoms with Crippen LogP contribution in [0.4, 0.5) is 0 Å². The van der Waals surface area contributed by atoms with E-state index in [1.165, 1.54) is 0 Å². The van der Waals surface area contributed by atoms with Crippen molar-refractivity contribution in [1.82, 2.24) is 0 Å². The van der Waals surface area contributed by atoms with Crippen LogP contribution in [0, 0.1) is 7.14 Å². The maximum Gasteiger partial charge on any atom is 0.344 e. The molecule has 0 unspecified atom stereocenters. The van der Waals surface area contributed by atoms with Crippen LogP contribution in [0.2, 0.25) is 0 Å². The highest BCUT2D eigenvalue weighted by Crippen LogP contribution is 2.53. The summed E-state index contributed by atoms with van der Waals surface area (Å²) in [4.78, 5) is 37.8. The topological polar surface area (TPSA) is 116 Å². The molecule has 1 heterocycles. The molecule has 1 aliphatic heterocycles. The Morgan fingerprint density at radius 1 is 0.544 bits per heavy atom. The van der Waals surface area contributed by atoms with E-state index in [1.54, 1.807) is 0 Å². The molecular weight excluding hydrogens is 954 g/mol. The molecule has 0 saturated carbocycles. The molecule has 5 aromatic rings. The SMILES string of the molecule is CC(C)(C)OC(=O)COc1ccc2ccc3c(c2c1)C(c1cc(I)c(OCC(=O)OC(C)(C)C)c(I)c1)c1c(ccc2ccc(OCC(=O)OC(C)(C)C)cc12)O3. The van der Waals surface area contributed by atoms with E-state index in [-0.39, 0.29) is 25.7 Å². The molecule has 12 heteroatoms. The molecule has 1 aliphatic rings. The Balaban J connectivity index is 1.48. The van der Waals surface area contributed by atoms with E-state index < -0.39 is 34.7 Å². The lowest BCUT2D eigenvalue weighted by molar-refractivity contribution is -0.158. The zero-order valence-corrected chi connectivity index (χ0v) is 37.8. The lowest BCUT2D eigenvalue weighted by Crippen LogP contribution is -2.27. The lowest BCUT2D eigenvalue weighted by atomic mass is 9.78. The Kier molecular flexibility index (Phi) is 12.3. The van der Waals surface area contributed by atoms with Gasteiger partial charge in [-0.25, -0.2) is 14.4 Å². The van der Waals surface area contributed by atoms with E-state index in [4.69, 9.17) is 33.2 Å². The first kappa shape index (κ1) is 42.3. The lowest BCUT2D eigenvalue weighted by Gasteiger charge is -2.32. The third-order valence-corrected chi connectivity index (χ3v) is 10.1. The van der Waals surface area contributed by atoms with Crippen molar-refractivity contribution in [2.24, 2.45) is 0 Å². The van der Waals surface area contributed by atoms with Gasteiger partial charge in [-0.2, -0.15) is 0 Å². The monoisotopic (exact) mass is 1000 g/mol. The highest BCUT2D eigenvalue weighted by Gasteiger charge is 2.34. The minimum atomic E-state index is -0.643. The van der Waals surface area contributed by atoms with Crippen molar-refractivity contribution in [1.29, 1.82) is 0 Å². The fraction of sp³-hybridized carbons (Fsp3) is 0.356. The average Bonchev–Trinajstić information content (AvgIpc) is 3.09. The van der Waals surface area contributed by atoms with Gasteiger partial charge in [0.15, 0.2) is 19.8 Å². The van der Waals surface area contributed by atoms with Gasteiger partial charge in [0.25, 0.3) is 0 Å². The molecule has 0 atom stereocenters. The summed E-state index contributed by atoms with van der Waals surface area (Å²) in [5.74, 6) is 1.11. The van der Waals surface area contributed by atoms with Crippen molar-refractivity contribution in [2.75, 3.05) is 19.8 Å². The molecule has 0 amide bonds. The van der Waals surface area contributed by atoms with Crippen LogP contribution >= 0.6 is 45.2 Å². The first-order valence-electron chi connectivity index (χ1n) is 18.5. The Hall–Kier alpha value is -4.31. The van der Waals surface area contributed by atoms with E-state index in [0.29, 0.717) is 28.7 Å². The van der Waals surface area contributed by atoms with Crippen LogP contribution in [0.5, 0.6) is 28.7 Å². The van der Waals surface area contributed by atoms with Crippen LogP contribution < -0.4 is 18.9 Å². The quantitative estimate of drug-likeness (QED) is 0.0746. The Labute approximate surface area is 360 Å². The van der Waals surface area contributed by atoms with Crippen molar-refractivity contribution in [3.8, 4) is 28.7 Å². The number of benzene rings is 5. The van der Waals surface area contributed by atoms with E-state index in [0.717, 1.165) is 45.4 Å². The first-order valence-corrected chi connectivity index (χ1v) is 20.6. The van der Waals surface area contributed by atoms with Gasteiger partial charge in [0.2, 0.25) is 0 Å². The summed E-state index contributed by atoms with van der Waals surface area (Å²) in [6.45, 7) is 15.6. The molecule has 0 spiro atoms. The summed E-state index contributed by atoms with van der Waals surface area (Å²) < 4.78 is 42.8. The summed E-state index contributed by atoms with van der Waals surface area (Å²) in [5.41, 5.74) is 0.806. The molecule has 0 aliphatic carbocycles. The Bertz CT molecular complexity index is 2220. The van der Waals surface area contributed by atoms with Gasteiger partial charge in [0.05, 0.1) is 7.14 Å². The molecule has 0 bridgehead atoms. The van der Waals surface area contributed by atoms with Crippen LogP contribution in [0.1, 0.15) is 84.9 Å². The second-order valence-corrected chi connectivity index (χ2v) is 19.0. The molecule has 0 N–H and O–H groups in total. The van der Waals surface area contributed by atoms with Crippen LogP contribution in [0.25, 0.3) is 21.5 Å². The third kappa shape index (κ3) is 10.6.